The molecule has 0 N–H and O–H groups in total. The van der Waals surface area contributed by atoms with Crippen LogP contribution < -0.4 is 0 Å². The zero-order valence-electron chi connectivity index (χ0n) is 28.6. The summed E-state index contributed by atoms with van der Waals surface area (Å²) < 4.78 is 17.0. The average molecular weight is 806 g/mol. The summed E-state index contributed by atoms with van der Waals surface area (Å²) in [5.41, 5.74) is 8.73. The van der Waals surface area contributed by atoms with Gasteiger partial charge in [-0.3, -0.25) is 4.98 Å². The monoisotopic (exact) mass is 806 g/mol. The molecule has 0 amide bonds. The van der Waals surface area contributed by atoms with Gasteiger partial charge in [-0.05, 0) is 53.5 Å². The van der Waals surface area contributed by atoms with Gasteiger partial charge in [0.25, 0.3) is 0 Å². The van der Waals surface area contributed by atoms with Gasteiger partial charge in [-0.2, -0.15) is 0 Å². The van der Waals surface area contributed by atoms with Crippen LogP contribution in [-0.4, -0.2) is 19.5 Å². The molecular weight excluding hydrogens is 769 g/mol. The number of furan rings is 1. The van der Waals surface area contributed by atoms with Crippen molar-refractivity contribution in [1.82, 2.24) is 19.5 Å². The van der Waals surface area contributed by atoms with E-state index >= 15 is 0 Å². The van der Waals surface area contributed by atoms with Gasteiger partial charge in [0.05, 0.1) is 16.9 Å². The molecule has 0 aliphatic carbocycles. The van der Waals surface area contributed by atoms with E-state index in [-0.39, 0.29) is 25.5 Å². The third-order valence-corrected chi connectivity index (χ3v) is 8.17. The molecule has 0 atom stereocenters. The molecule has 0 aliphatic heterocycles. The number of aromatic nitrogens is 4. The number of benzene rings is 4. The summed E-state index contributed by atoms with van der Waals surface area (Å²) >= 11 is 0. The molecule has 0 spiro atoms. The molecule has 0 saturated carbocycles. The maximum absolute atomic E-state index is 8.44. The van der Waals surface area contributed by atoms with Crippen LogP contribution in [0.5, 0.6) is 0 Å². The zero-order chi connectivity index (χ0) is 33.5. The van der Waals surface area contributed by atoms with Gasteiger partial charge in [-0.15, -0.1) is 54.1 Å². The Morgan fingerprint density at radius 2 is 1.58 bits per heavy atom. The van der Waals surface area contributed by atoms with Crippen LogP contribution in [-0.2, 0) is 25.5 Å². The van der Waals surface area contributed by atoms with Crippen LogP contribution >= 0.6 is 0 Å². The van der Waals surface area contributed by atoms with E-state index in [1.165, 1.54) is 0 Å². The van der Waals surface area contributed by atoms with Gasteiger partial charge in [0, 0.05) is 49.9 Å². The minimum atomic E-state index is -0.708. The third kappa shape index (κ3) is 6.47. The molecule has 4 heterocycles. The van der Waals surface area contributed by atoms with Crippen molar-refractivity contribution in [1.29, 1.82) is 0 Å². The van der Waals surface area contributed by atoms with E-state index in [1.807, 2.05) is 111 Å². The Bertz CT molecular complexity index is 2320. The molecule has 0 fully saturated rings. The SMILES string of the molecule is [2H]C(C)(C)c1ccc2c(c1)oc1c(-c3nc4ccc(C(C)(C)C)nc4n3-c3ccccc3)[c-]ccc12.[Ir].[c-]1ccccc1-c1ccccn1. The zero-order valence-corrected chi connectivity index (χ0v) is 30.0. The molecule has 0 bridgehead atoms. The van der Waals surface area contributed by atoms with E-state index < -0.39 is 5.89 Å². The molecule has 1 radical (unpaired) electrons. The summed E-state index contributed by atoms with van der Waals surface area (Å²) in [4.78, 5) is 14.3. The summed E-state index contributed by atoms with van der Waals surface area (Å²) in [5, 5.41) is 2.02. The van der Waals surface area contributed by atoms with Crippen LogP contribution in [0.25, 0.3) is 61.4 Å². The van der Waals surface area contributed by atoms with Crippen molar-refractivity contribution in [3.8, 4) is 28.3 Å². The molecule has 5 nitrogen and oxygen atoms in total. The number of pyridine rings is 2. The summed E-state index contributed by atoms with van der Waals surface area (Å²) in [6.07, 6.45) is 1.79. The predicted octanol–water partition coefficient (Wildman–Crippen LogP) is 10.8. The molecule has 6 heteroatoms. The van der Waals surface area contributed by atoms with Gasteiger partial charge in [-0.1, -0.05) is 88.0 Å². The first-order valence-electron chi connectivity index (χ1n) is 16.3. The second-order valence-corrected chi connectivity index (χ2v) is 12.8. The number of hydrogen-bond acceptors (Lipinski definition) is 4. The van der Waals surface area contributed by atoms with Gasteiger partial charge in [0.1, 0.15) is 5.58 Å². The Balaban J connectivity index is 0.000000270. The quantitative estimate of drug-likeness (QED) is 0.166. The molecular formula is C42H36IrN4O-2. The third-order valence-electron chi connectivity index (χ3n) is 8.17. The fourth-order valence-corrected chi connectivity index (χ4v) is 5.66. The number of fused-ring (bicyclic) bond motifs is 4. The second kappa shape index (κ2) is 13.7. The van der Waals surface area contributed by atoms with E-state index in [9.17, 15) is 0 Å². The topological polar surface area (TPSA) is 56.7 Å². The first-order chi connectivity index (χ1) is 23.1. The minimum absolute atomic E-state index is 0. The van der Waals surface area contributed by atoms with E-state index in [0.717, 1.165) is 72.7 Å². The number of para-hydroxylation sites is 1. The summed E-state index contributed by atoms with van der Waals surface area (Å²) in [5.74, 6) is 0.0280. The maximum Gasteiger partial charge on any atom is 0.155 e. The van der Waals surface area contributed by atoms with Crippen molar-refractivity contribution in [3.63, 3.8) is 0 Å². The standard InChI is InChI=1S/C31H28N3O.C11H8N.Ir/c1-19(2)20-14-15-22-23-12-9-13-24(28(23)35-26(22)18-20)29-32-25-16-17-27(31(3,4)5)33-30(25)34(29)21-10-7-6-8-11-21;1-2-6-10(7-3-1)11-8-4-5-9-12-11;/h6-12,14-19H,1-5H3;1-6,8-9H;/q2*-1;/i19D;;. The van der Waals surface area contributed by atoms with Crippen LogP contribution in [0.15, 0.2) is 126 Å². The number of nitrogens with zero attached hydrogens (tertiary/aromatic N) is 4. The van der Waals surface area contributed by atoms with Crippen molar-refractivity contribution >= 4 is 33.1 Å². The number of hydrogen-bond donors (Lipinski definition) is 0. The average Bonchev–Trinajstić information content (AvgIpc) is 3.67. The molecule has 4 aromatic heterocycles. The van der Waals surface area contributed by atoms with Gasteiger partial charge >= 0.3 is 0 Å². The molecule has 0 unspecified atom stereocenters. The van der Waals surface area contributed by atoms with Gasteiger partial charge in [0.2, 0.25) is 0 Å². The summed E-state index contributed by atoms with van der Waals surface area (Å²) in [7, 11) is 0. The number of rotatable bonds is 4. The second-order valence-electron chi connectivity index (χ2n) is 12.8. The first-order valence-corrected chi connectivity index (χ1v) is 15.8. The van der Waals surface area contributed by atoms with Crippen LogP contribution in [0.2, 0.25) is 0 Å². The molecule has 4 aromatic carbocycles. The van der Waals surface area contributed by atoms with Crippen molar-refractivity contribution in [2.75, 3.05) is 0 Å². The van der Waals surface area contributed by atoms with Gasteiger partial charge < -0.3 is 14.0 Å². The van der Waals surface area contributed by atoms with Crippen LogP contribution in [0.3, 0.4) is 0 Å². The fraction of sp³-hybridized carbons (Fsp3) is 0.167. The van der Waals surface area contributed by atoms with Crippen molar-refractivity contribution in [2.45, 2.75) is 45.9 Å². The smallest absolute Gasteiger partial charge is 0.155 e. The molecule has 0 saturated heterocycles. The fourth-order valence-electron chi connectivity index (χ4n) is 5.66. The Morgan fingerprint density at radius 3 is 2.29 bits per heavy atom. The Kier molecular flexibility index (Phi) is 9.03. The minimum Gasteiger partial charge on any atom is -0.501 e. The van der Waals surface area contributed by atoms with Crippen LogP contribution in [0, 0.1) is 12.1 Å². The van der Waals surface area contributed by atoms with E-state index in [1.54, 1.807) is 6.20 Å². The van der Waals surface area contributed by atoms with Crippen molar-refractivity contribution in [3.05, 3.63) is 145 Å². The summed E-state index contributed by atoms with van der Waals surface area (Å²) in [6, 6.07) is 44.5. The molecule has 241 valence electrons. The largest absolute Gasteiger partial charge is 0.501 e. The van der Waals surface area contributed by atoms with Gasteiger partial charge in [-0.25, -0.2) is 4.98 Å². The molecule has 8 rings (SSSR count). The Hall–Kier alpha value is -4.90. The predicted molar refractivity (Wildman–Crippen MR) is 192 cm³/mol. The van der Waals surface area contributed by atoms with E-state index in [4.69, 9.17) is 15.8 Å². The van der Waals surface area contributed by atoms with Crippen molar-refractivity contribution < 1.29 is 25.9 Å². The van der Waals surface area contributed by atoms with E-state index in [0.29, 0.717) is 0 Å². The van der Waals surface area contributed by atoms with Crippen LogP contribution in [0.1, 0.15) is 53.1 Å². The maximum atomic E-state index is 8.44. The Labute approximate surface area is 296 Å². The van der Waals surface area contributed by atoms with Gasteiger partial charge in [0.15, 0.2) is 5.65 Å². The van der Waals surface area contributed by atoms with E-state index in [2.05, 4.69) is 60.7 Å². The molecule has 48 heavy (non-hydrogen) atoms. The number of imidazole rings is 1. The molecule has 0 aliphatic rings. The first kappa shape index (κ1) is 31.7. The van der Waals surface area contributed by atoms with Crippen molar-refractivity contribution in [2.24, 2.45) is 0 Å². The normalized spacial score (nSPS) is 12.0. The summed E-state index contributed by atoms with van der Waals surface area (Å²) in [6.45, 7) is 10.3. The Morgan fingerprint density at radius 1 is 0.792 bits per heavy atom. The van der Waals surface area contributed by atoms with Crippen LogP contribution in [0.4, 0.5) is 0 Å². The molecule has 8 aromatic rings.